The molecule has 3 aromatic rings. The summed E-state index contributed by atoms with van der Waals surface area (Å²) in [6.45, 7) is 0.419. The predicted octanol–water partition coefficient (Wildman–Crippen LogP) is 2.72. The van der Waals surface area contributed by atoms with Gasteiger partial charge in [0.25, 0.3) is 5.95 Å². The molecule has 6 heteroatoms. The molecule has 0 radical (unpaired) electrons. The van der Waals surface area contributed by atoms with Crippen molar-refractivity contribution in [3.05, 3.63) is 70.6 Å². The van der Waals surface area contributed by atoms with E-state index in [2.05, 4.69) is 5.32 Å². The van der Waals surface area contributed by atoms with Crippen LogP contribution >= 0.6 is 0 Å². The molecular formula is C18H17N3O3. The third-order valence-electron chi connectivity index (χ3n) is 3.50. The molecule has 1 heterocycles. The van der Waals surface area contributed by atoms with Gasteiger partial charge in [-0.3, -0.25) is 5.41 Å². The first-order valence-corrected chi connectivity index (χ1v) is 7.47. The number of nitrogens with two attached hydrogens (primary N) is 1. The lowest BCUT2D eigenvalue weighted by molar-refractivity contribution is 0.235. The Morgan fingerprint density at radius 2 is 1.96 bits per heavy atom. The Morgan fingerprint density at radius 1 is 1.17 bits per heavy atom. The highest BCUT2D eigenvalue weighted by Gasteiger charge is 2.07. The fourth-order valence-corrected chi connectivity index (χ4v) is 2.38. The summed E-state index contributed by atoms with van der Waals surface area (Å²) in [6.07, 6.45) is 0.726. The molecule has 4 N–H and O–H groups in total. The third kappa shape index (κ3) is 3.73. The van der Waals surface area contributed by atoms with E-state index in [0.717, 1.165) is 12.0 Å². The topological polar surface area (TPSA) is 101 Å². The molecule has 0 aliphatic rings. The number of guanidine groups is 1. The Labute approximate surface area is 138 Å². The Kier molecular flexibility index (Phi) is 4.47. The summed E-state index contributed by atoms with van der Waals surface area (Å²) in [5.41, 5.74) is 6.50. The first-order chi connectivity index (χ1) is 11.6. The maximum Gasteiger partial charge on any atom is 0.346 e. The van der Waals surface area contributed by atoms with E-state index in [1.807, 2.05) is 30.3 Å². The molecule has 0 saturated carbocycles. The Balaban J connectivity index is 1.75. The largest absolute Gasteiger partial charge is 0.465 e. The number of anilines is 1. The normalized spacial score (nSPS) is 10.5. The van der Waals surface area contributed by atoms with Crippen LogP contribution < -0.4 is 21.4 Å². The van der Waals surface area contributed by atoms with Crippen LogP contribution in [-0.2, 0) is 6.42 Å². The van der Waals surface area contributed by atoms with Crippen LogP contribution in [0.25, 0.3) is 10.8 Å². The van der Waals surface area contributed by atoms with Gasteiger partial charge in [0.2, 0.25) is 0 Å². The molecule has 0 saturated heterocycles. The average Bonchev–Trinajstić information content (AvgIpc) is 2.56. The van der Waals surface area contributed by atoms with E-state index in [-0.39, 0.29) is 11.9 Å². The van der Waals surface area contributed by atoms with Gasteiger partial charge in [-0.1, -0.05) is 36.4 Å². The zero-order valence-corrected chi connectivity index (χ0v) is 12.9. The van der Waals surface area contributed by atoms with Gasteiger partial charge in [-0.05, 0) is 23.1 Å². The van der Waals surface area contributed by atoms with Crippen LogP contribution in [0.2, 0.25) is 0 Å². The van der Waals surface area contributed by atoms with Crippen molar-refractivity contribution in [3.63, 3.8) is 0 Å². The average molecular weight is 323 g/mol. The van der Waals surface area contributed by atoms with Crippen molar-refractivity contribution in [2.75, 3.05) is 11.9 Å². The Hall–Kier alpha value is -3.28. The van der Waals surface area contributed by atoms with Gasteiger partial charge in [0, 0.05) is 18.2 Å². The van der Waals surface area contributed by atoms with Crippen molar-refractivity contribution < 1.29 is 9.15 Å². The number of hydrogen-bond donors (Lipinski definition) is 3. The molecule has 0 spiro atoms. The SMILES string of the molecule is N=C(N)Nc1ccc2cc(OCCc3ccccc3)oc(=O)c2c1. The van der Waals surface area contributed by atoms with Gasteiger partial charge in [-0.25, -0.2) is 4.79 Å². The van der Waals surface area contributed by atoms with Crippen molar-refractivity contribution in [1.29, 1.82) is 5.41 Å². The van der Waals surface area contributed by atoms with E-state index in [1.165, 1.54) is 0 Å². The third-order valence-corrected chi connectivity index (χ3v) is 3.50. The van der Waals surface area contributed by atoms with E-state index in [1.54, 1.807) is 24.3 Å². The van der Waals surface area contributed by atoms with E-state index in [4.69, 9.17) is 20.3 Å². The maximum atomic E-state index is 12.1. The van der Waals surface area contributed by atoms with Crippen LogP contribution in [0.3, 0.4) is 0 Å². The second kappa shape index (κ2) is 6.87. The maximum absolute atomic E-state index is 12.1. The number of nitrogens with one attached hydrogen (secondary N) is 2. The molecule has 6 nitrogen and oxygen atoms in total. The van der Waals surface area contributed by atoms with Gasteiger partial charge in [0.15, 0.2) is 5.96 Å². The van der Waals surface area contributed by atoms with Gasteiger partial charge in [-0.2, -0.15) is 0 Å². The van der Waals surface area contributed by atoms with Crippen LogP contribution in [0.15, 0.2) is 63.8 Å². The number of ether oxygens (including phenoxy) is 1. The summed E-state index contributed by atoms with van der Waals surface area (Å²) in [5.74, 6) is -0.00434. The van der Waals surface area contributed by atoms with Crippen LogP contribution in [0.1, 0.15) is 5.56 Å². The van der Waals surface area contributed by atoms with Gasteiger partial charge < -0.3 is 20.2 Å². The van der Waals surface area contributed by atoms with Gasteiger partial charge >= 0.3 is 5.63 Å². The minimum Gasteiger partial charge on any atom is -0.465 e. The highest BCUT2D eigenvalue weighted by Crippen LogP contribution is 2.21. The molecule has 2 aromatic carbocycles. The summed E-state index contributed by atoms with van der Waals surface area (Å²) in [4.78, 5) is 12.1. The van der Waals surface area contributed by atoms with Gasteiger partial charge in [0.1, 0.15) is 0 Å². The van der Waals surface area contributed by atoms with E-state index < -0.39 is 5.63 Å². The second-order valence-electron chi connectivity index (χ2n) is 5.28. The van der Waals surface area contributed by atoms with Crippen molar-refractivity contribution >= 4 is 22.4 Å². The molecule has 0 amide bonds. The predicted molar refractivity (Wildman–Crippen MR) is 93.7 cm³/mol. The van der Waals surface area contributed by atoms with Gasteiger partial charge in [0.05, 0.1) is 12.0 Å². The molecule has 0 bridgehead atoms. The summed E-state index contributed by atoms with van der Waals surface area (Å²) >= 11 is 0. The minimum absolute atomic E-state index is 0.190. The molecule has 24 heavy (non-hydrogen) atoms. The minimum atomic E-state index is -0.491. The lowest BCUT2D eigenvalue weighted by Gasteiger charge is -2.07. The Bertz CT molecular complexity index is 920. The molecule has 0 unspecified atom stereocenters. The summed E-state index contributed by atoms with van der Waals surface area (Å²) in [5, 5.41) is 11.0. The van der Waals surface area contributed by atoms with E-state index in [0.29, 0.717) is 23.1 Å². The monoisotopic (exact) mass is 323 g/mol. The number of hydrogen-bond acceptors (Lipinski definition) is 4. The summed E-state index contributed by atoms with van der Waals surface area (Å²) in [6, 6.07) is 16.7. The fraction of sp³-hybridized carbons (Fsp3) is 0.111. The summed E-state index contributed by atoms with van der Waals surface area (Å²) in [7, 11) is 0. The number of fused-ring (bicyclic) bond motifs is 1. The molecule has 3 rings (SSSR count). The van der Waals surface area contributed by atoms with E-state index >= 15 is 0 Å². The van der Waals surface area contributed by atoms with Crippen molar-refractivity contribution in [3.8, 4) is 5.95 Å². The second-order valence-corrected chi connectivity index (χ2v) is 5.28. The molecule has 0 aliphatic heterocycles. The van der Waals surface area contributed by atoms with Gasteiger partial charge in [-0.15, -0.1) is 0 Å². The van der Waals surface area contributed by atoms with Crippen LogP contribution in [0, 0.1) is 5.41 Å². The quantitative estimate of drug-likeness (QED) is 0.495. The summed E-state index contributed by atoms with van der Waals surface area (Å²) < 4.78 is 10.8. The molecule has 122 valence electrons. The van der Waals surface area contributed by atoms with Crippen molar-refractivity contribution in [2.24, 2.45) is 5.73 Å². The van der Waals surface area contributed by atoms with Crippen LogP contribution in [0.4, 0.5) is 5.69 Å². The first kappa shape index (κ1) is 15.6. The smallest absolute Gasteiger partial charge is 0.346 e. The standard InChI is InChI=1S/C18H17N3O3/c19-18(20)21-14-7-6-13-10-16(24-17(22)15(13)11-14)23-9-8-12-4-2-1-3-5-12/h1-7,10-11H,8-9H2,(H4,19,20,21). The Morgan fingerprint density at radius 3 is 2.71 bits per heavy atom. The fourth-order valence-electron chi connectivity index (χ4n) is 2.38. The number of benzene rings is 2. The zero-order valence-electron chi connectivity index (χ0n) is 12.9. The molecule has 0 fully saturated rings. The highest BCUT2D eigenvalue weighted by atomic mass is 16.6. The molecule has 1 aromatic heterocycles. The first-order valence-electron chi connectivity index (χ1n) is 7.47. The molecule has 0 atom stereocenters. The van der Waals surface area contributed by atoms with Crippen molar-refractivity contribution in [2.45, 2.75) is 6.42 Å². The van der Waals surface area contributed by atoms with E-state index in [9.17, 15) is 4.79 Å². The lowest BCUT2D eigenvalue weighted by Crippen LogP contribution is -2.20. The molecular weight excluding hydrogens is 306 g/mol. The highest BCUT2D eigenvalue weighted by molar-refractivity contribution is 5.93. The van der Waals surface area contributed by atoms with Crippen LogP contribution in [0.5, 0.6) is 5.95 Å². The molecule has 0 aliphatic carbocycles. The van der Waals surface area contributed by atoms with Crippen LogP contribution in [-0.4, -0.2) is 12.6 Å². The zero-order chi connectivity index (χ0) is 16.9. The number of rotatable bonds is 5. The van der Waals surface area contributed by atoms with Crippen molar-refractivity contribution in [1.82, 2.24) is 0 Å². The lowest BCUT2D eigenvalue weighted by atomic mass is 10.1.